The van der Waals surface area contributed by atoms with Crippen LogP contribution in [0.4, 0.5) is 11.4 Å². The second-order valence-electron chi connectivity index (χ2n) is 3.75. The Morgan fingerprint density at radius 2 is 2.32 bits per heavy atom. The maximum atomic E-state index is 10.9. The molecule has 0 radical (unpaired) electrons. The van der Waals surface area contributed by atoms with E-state index in [0.717, 1.165) is 5.01 Å². The Labute approximate surface area is 113 Å². The highest BCUT2D eigenvalue weighted by atomic mass is 32.1. The van der Waals surface area contributed by atoms with Crippen LogP contribution in [0.3, 0.4) is 0 Å². The molecule has 0 saturated carbocycles. The second kappa shape index (κ2) is 6.05. The Morgan fingerprint density at radius 1 is 1.47 bits per heavy atom. The van der Waals surface area contributed by atoms with Gasteiger partial charge in [0.1, 0.15) is 12.0 Å². The van der Waals surface area contributed by atoms with Crippen LogP contribution in [0.2, 0.25) is 0 Å². The van der Waals surface area contributed by atoms with Gasteiger partial charge in [-0.2, -0.15) is 0 Å². The molecule has 0 aliphatic heterocycles. The van der Waals surface area contributed by atoms with E-state index >= 15 is 0 Å². The number of rotatable bonds is 6. The van der Waals surface area contributed by atoms with Crippen molar-refractivity contribution in [2.24, 2.45) is 0 Å². The van der Waals surface area contributed by atoms with Crippen molar-refractivity contribution in [3.8, 4) is 0 Å². The SMILES string of the molecule is O=Cc1ccc(NCCc2nccs2)c([N+](=O)[O-])c1. The topological polar surface area (TPSA) is 85.1 Å². The van der Waals surface area contributed by atoms with Crippen molar-refractivity contribution in [2.45, 2.75) is 6.42 Å². The molecule has 19 heavy (non-hydrogen) atoms. The summed E-state index contributed by atoms with van der Waals surface area (Å²) in [7, 11) is 0. The molecule has 98 valence electrons. The predicted molar refractivity (Wildman–Crippen MR) is 72.8 cm³/mol. The third kappa shape index (κ3) is 3.35. The molecule has 0 aliphatic rings. The molecule has 0 unspecified atom stereocenters. The minimum atomic E-state index is -0.501. The van der Waals surface area contributed by atoms with Crippen molar-refractivity contribution in [3.05, 3.63) is 50.5 Å². The highest BCUT2D eigenvalue weighted by Gasteiger charge is 2.14. The van der Waals surface area contributed by atoms with E-state index < -0.39 is 4.92 Å². The number of nitrogens with one attached hydrogen (secondary N) is 1. The lowest BCUT2D eigenvalue weighted by Crippen LogP contribution is -2.07. The molecule has 1 N–H and O–H groups in total. The normalized spacial score (nSPS) is 10.1. The van der Waals surface area contributed by atoms with Gasteiger partial charge in [-0.25, -0.2) is 4.98 Å². The Balaban J connectivity index is 2.06. The summed E-state index contributed by atoms with van der Waals surface area (Å²) in [6.45, 7) is 0.550. The van der Waals surface area contributed by atoms with Gasteiger partial charge in [0.25, 0.3) is 5.69 Å². The molecule has 0 saturated heterocycles. The average molecular weight is 277 g/mol. The van der Waals surface area contributed by atoms with Gasteiger partial charge in [-0.05, 0) is 12.1 Å². The fraction of sp³-hybridized carbons (Fsp3) is 0.167. The molecule has 0 amide bonds. The maximum absolute atomic E-state index is 10.9. The number of thiazole rings is 1. The third-order valence-corrected chi connectivity index (χ3v) is 3.33. The summed E-state index contributed by atoms with van der Waals surface area (Å²) in [6, 6.07) is 4.36. The van der Waals surface area contributed by atoms with Crippen LogP contribution >= 0.6 is 11.3 Å². The standard InChI is InChI=1S/C12H11N3O3S/c16-8-9-1-2-10(11(7-9)15(17)18)13-4-3-12-14-5-6-19-12/h1-2,5-8,13H,3-4H2. The van der Waals surface area contributed by atoms with Gasteiger partial charge in [-0.15, -0.1) is 11.3 Å². The van der Waals surface area contributed by atoms with E-state index in [1.165, 1.54) is 6.07 Å². The Bertz CT molecular complexity index is 584. The van der Waals surface area contributed by atoms with Crippen LogP contribution in [0, 0.1) is 10.1 Å². The summed E-state index contributed by atoms with van der Waals surface area (Å²) in [5.41, 5.74) is 0.605. The summed E-state index contributed by atoms with van der Waals surface area (Å²) >= 11 is 1.54. The van der Waals surface area contributed by atoms with Crippen LogP contribution in [0.1, 0.15) is 15.4 Å². The molecular weight excluding hydrogens is 266 g/mol. The van der Waals surface area contributed by atoms with Crippen molar-refractivity contribution in [1.29, 1.82) is 0 Å². The zero-order chi connectivity index (χ0) is 13.7. The highest BCUT2D eigenvalue weighted by Crippen LogP contribution is 2.25. The number of nitrogens with zero attached hydrogens (tertiary/aromatic N) is 2. The fourth-order valence-corrected chi connectivity index (χ4v) is 2.22. The Morgan fingerprint density at radius 3 is 2.95 bits per heavy atom. The summed E-state index contributed by atoms with van der Waals surface area (Å²) in [6.07, 6.45) is 3.01. The zero-order valence-corrected chi connectivity index (χ0v) is 10.7. The van der Waals surface area contributed by atoms with Crippen LogP contribution < -0.4 is 5.32 Å². The molecule has 0 spiro atoms. The molecule has 0 fully saturated rings. The van der Waals surface area contributed by atoms with Crippen molar-refractivity contribution in [2.75, 3.05) is 11.9 Å². The molecule has 2 rings (SSSR count). The number of carbonyl (C=O) groups excluding carboxylic acids is 1. The number of benzene rings is 1. The van der Waals surface area contributed by atoms with Crippen LogP contribution in [-0.2, 0) is 6.42 Å². The first-order valence-electron chi connectivity index (χ1n) is 5.56. The van der Waals surface area contributed by atoms with Crippen LogP contribution in [0.25, 0.3) is 0 Å². The van der Waals surface area contributed by atoms with Crippen LogP contribution in [0.15, 0.2) is 29.8 Å². The number of carbonyl (C=O) groups is 1. The number of anilines is 1. The van der Waals surface area contributed by atoms with Crippen molar-refractivity contribution < 1.29 is 9.72 Å². The van der Waals surface area contributed by atoms with E-state index in [1.807, 2.05) is 5.38 Å². The molecule has 1 aromatic heterocycles. The van der Waals surface area contributed by atoms with Crippen molar-refractivity contribution in [1.82, 2.24) is 4.98 Å². The molecular formula is C12H11N3O3S. The summed E-state index contributed by atoms with van der Waals surface area (Å²) in [4.78, 5) is 25.2. The molecule has 1 aromatic carbocycles. The van der Waals surface area contributed by atoms with Gasteiger partial charge in [0.15, 0.2) is 0 Å². The first-order valence-corrected chi connectivity index (χ1v) is 6.44. The smallest absolute Gasteiger partial charge is 0.293 e. The fourth-order valence-electron chi connectivity index (χ4n) is 1.60. The lowest BCUT2D eigenvalue weighted by atomic mass is 10.2. The minimum absolute atomic E-state index is 0.0938. The lowest BCUT2D eigenvalue weighted by molar-refractivity contribution is -0.384. The summed E-state index contributed by atoms with van der Waals surface area (Å²) < 4.78 is 0. The Kier molecular flexibility index (Phi) is 4.19. The highest BCUT2D eigenvalue weighted by molar-refractivity contribution is 7.09. The predicted octanol–water partition coefficient (Wildman–Crippen LogP) is 2.52. The number of aromatic nitrogens is 1. The van der Waals surface area contributed by atoms with Gasteiger partial charge < -0.3 is 5.32 Å². The zero-order valence-electron chi connectivity index (χ0n) is 9.91. The largest absolute Gasteiger partial charge is 0.379 e. The van der Waals surface area contributed by atoms with E-state index in [9.17, 15) is 14.9 Å². The van der Waals surface area contributed by atoms with E-state index in [1.54, 1.807) is 29.7 Å². The molecule has 7 heteroatoms. The third-order valence-electron chi connectivity index (χ3n) is 2.49. The molecule has 0 bridgehead atoms. The number of nitro groups is 1. The monoisotopic (exact) mass is 277 g/mol. The van der Waals surface area contributed by atoms with Gasteiger partial charge in [0, 0.05) is 36.2 Å². The average Bonchev–Trinajstić information content (AvgIpc) is 2.92. The van der Waals surface area contributed by atoms with Crippen molar-refractivity contribution >= 4 is 29.0 Å². The van der Waals surface area contributed by atoms with E-state index in [2.05, 4.69) is 10.3 Å². The molecule has 0 aliphatic carbocycles. The molecule has 2 aromatic rings. The number of hydrogen-bond donors (Lipinski definition) is 1. The van der Waals surface area contributed by atoms with E-state index in [-0.39, 0.29) is 11.3 Å². The number of hydrogen-bond acceptors (Lipinski definition) is 6. The molecule has 1 heterocycles. The maximum Gasteiger partial charge on any atom is 0.293 e. The summed E-state index contributed by atoms with van der Waals surface area (Å²) in [5, 5.41) is 16.8. The molecule has 0 atom stereocenters. The van der Waals surface area contributed by atoms with Crippen LogP contribution in [-0.4, -0.2) is 22.7 Å². The second-order valence-corrected chi connectivity index (χ2v) is 4.73. The van der Waals surface area contributed by atoms with Gasteiger partial charge >= 0.3 is 0 Å². The van der Waals surface area contributed by atoms with Crippen molar-refractivity contribution in [3.63, 3.8) is 0 Å². The van der Waals surface area contributed by atoms with Gasteiger partial charge in [-0.1, -0.05) is 0 Å². The first kappa shape index (κ1) is 13.2. The first-order chi connectivity index (χ1) is 9.20. The quantitative estimate of drug-likeness (QED) is 0.498. The Hall–Kier alpha value is -2.28. The van der Waals surface area contributed by atoms with E-state index in [0.29, 0.717) is 24.9 Å². The van der Waals surface area contributed by atoms with Gasteiger partial charge in [-0.3, -0.25) is 14.9 Å². The lowest BCUT2D eigenvalue weighted by Gasteiger charge is -2.06. The number of nitro benzene ring substituents is 1. The number of aldehydes is 1. The van der Waals surface area contributed by atoms with Crippen LogP contribution in [0.5, 0.6) is 0 Å². The minimum Gasteiger partial charge on any atom is -0.379 e. The molecule has 6 nitrogen and oxygen atoms in total. The van der Waals surface area contributed by atoms with E-state index in [4.69, 9.17) is 0 Å². The van der Waals surface area contributed by atoms with Gasteiger partial charge in [0.05, 0.1) is 9.93 Å². The van der Waals surface area contributed by atoms with Gasteiger partial charge in [0.2, 0.25) is 0 Å². The summed E-state index contributed by atoms with van der Waals surface area (Å²) in [5.74, 6) is 0.